The minimum absolute atomic E-state index is 0.00620. The third-order valence-corrected chi connectivity index (χ3v) is 4.61. The molecule has 0 spiro atoms. The highest BCUT2D eigenvalue weighted by Crippen LogP contribution is 2.21. The zero-order valence-electron chi connectivity index (χ0n) is 13.1. The van der Waals surface area contributed by atoms with Gasteiger partial charge in [0.05, 0.1) is 0 Å². The Bertz CT molecular complexity index is 1010. The quantitative estimate of drug-likeness (QED) is 0.473. The molecule has 9 heteroatoms. The topological polar surface area (TPSA) is 119 Å². The predicted molar refractivity (Wildman–Crippen MR) is 90.4 cm³/mol. The second-order valence-corrected chi connectivity index (χ2v) is 6.76. The van der Waals surface area contributed by atoms with Gasteiger partial charge in [0.25, 0.3) is 11.8 Å². The first-order valence-electron chi connectivity index (χ1n) is 7.33. The molecule has 1 saturated heterocycles. The molecular formula is C17H12N2O6S. The fourth-order valence-electron chi connectivity index (χ4n) is 2.19. The van der Waals surface area contributed by atoms with E-state index in [0.717, 1.165) is 0 Å². The molecule has 0 aliphatic carbocycles. The van der Waals surface area contributed by atoms with Crippen molar-refractivity contribution in [1.29, 1.82) is 0 Å². The number of carbonyl (C=O) groups excluding carboxylic acids is 3. The van der Waals surface area contributed by atoms with Gasteiger partial charge in [-0.3, -0.25) is 20.2 Å². The minimum Gasteiger partial charge on any atom is -0.379 e. The van der Waals surface area contributed by atoms with Crippen molar-refractivity contribution in [1.82, 2.24) is 10.6 Å². The summed E-state index contributed by atoms with van der Waals surface area (Å²) in [7, 11) is -4.02. The first-order valence-corrected chi connectivity index (χ1v) is 8.74. The molecular weight excluding hydrogens is 360 g/mol. The Morgan fingerprint density at radius 1 is 0.846 bits per heavy atom. The molecule has 2 aromatic rings. The minimum atomic E-state index is -4.02. The van der Waals surface area contributed by atoms with Crippen LogP contribution in [-0.4, -0.2) is 26.3 Å². The maximum atomic E-state index is 12.2. The van der Waals surface area contributed by atoms with E-state index < -0.39 is 28.0 Å². The lowest BCUT2D eigenvalue weighted by molar-refractivity contribution is -0.123. The molecule has 1 aliphatic rings. The van der Waals surface area contributed by atoms with Crippen molar-refractivity contribution >= 4 is 34.0 Å². The van der Waals surface area contributed by atoms with Gasteiger partial charge in [-0.05, 0) is 35.9 Å². The summed E-state index contributed by atoms with van der Waals surface area (Å²) < 4.78 is 29.6. The fourth-order valence-corrected chi connectivity index (χ4v) is 3.13. The summed E-state index contributed by atoms with van der Waals surface area (Å²) in [4.78, 5) is 34.5. The zero-order valence-corrected chi connectivity index (χ0v) is 13.9. The standard InChI is InChI=1S/C17H12N2O6S/c20-15-14(16(21)19-17(22)18-15)10-11-5-4-6-12(9-11)25-26(23,24)13-7-2-1-3-8-13/h1-10H,(H2,18,19,20,21,22). The van der Waals surface area contributed by atoms with Crippen molar-refractivity contribution in [2.75, 3.05) is 0 Å². The molecule has 132 valence electrons. The first-order chi connectivity index (χ1) is 12.3. The SMILES string of the molecule is O=C1NC(=O)C(=Cc2cccc(OS(=O)(=O)c3ccccc3)c2)C(=O)N1. The average Bonchev–Trinajstić information content (AvgIpc) is 2.59. The number of benzene rings is 2. The molecule has 0 aromatic heterocycles. The first kappa shape index (κ1) is 17.4. The van der Waals surface area contributed by atoms with Crippen LogP contribution in [0.15, 0.2) is 65.1 Å². The van der Waals surface area contributed by atoms with Crippen LogP contribution in [-0.2, 0) is 19.7 Å². The van der Waals surface area contributed by atoms with Crippen molar-refractivity contribution in [3.8, 4) is 5.75 Å². The molecule has 4 amide bonds. The Morgan fingerprint density at radius 2 is 1.50 bits per heavy atom. The zero-order chi connectivity index (χ0) is 18.7. The molecule has 1 fully saturated rings. The summed E-state index contributed by atoms with van der Waals surface area (Å²) in [6.07, 6.45) is 1.22. The normalized spacial score (nSPS) is 14.5. The van der Waals surface area contributed by atoms with Crippen molar-refractivity contribution in [3.63, 3.8) is 0 Å². The number of amides is 4. The van der Waals surface area contributed by atoms with Crippen molar-refractivity contribution in [3.05, 3.63) is 65.7 Å². The lowest BCUT2D eigenvalue weighted by atomic mass is 10.1. The van der Waals surface area contributed by atoms with Crippen LogP contribution in [0.4, 0.5) is 4.79 Å². The second-order valence-electron chi connectivity index (χ2n) is 5.22. The van der Waals surface area contributed by atoms with E-state index in [2.05, 4.69) is 0 Å². The molecule has 0 unspecified atom stereocenters. The van der Waals surface area contributed by atoms with Gasteiger partial charge >= 0.3 is 16.1 Å². The van der Waals surface area contributed by atoms with Gasteiger partial charge in [0, 0.05) is 0 Å². The second kappa shape index (κ2) is 6.81. The van der Waals surface area contributed by atoms with E-state index in [-0.39, 0.29) is 16.2 Å². The van der Waals surface area contributed by atoms with Crippen LogP contribution in [0.2, 0.25) is 0 Å². The highest BCUT2D eigenvalue weighted by atomic mass is 32.2. The summed E-state index contributed by atoms with van der Waals surface area (Å²) in [6, 6.07) is 12.5. The molecule has 26 heavy (non-hydrogen) atoms. The summed E-state index contributed by atoms with van der Waals surface area (Å²) in [5.74, 6) is -1.68. The lowest BCUT2D eigenvalue weighted by Gasteiger charge is -2.14. The number of rotatable bonds is 4. The molecule has 0 saturated carbocycles. The highest BCUT2D eigenvalue weighted by molar-refractivity contribution is 7.87. The van der Waals surface area contributed by atoms with Crippen LogP contribution < -0.4 is 14.8 Å². The molecule has 0 bridgehead atoms. The number of hydrogen-bond acceptors (Lipinski definition) is 6. The monoisotopic (exact) mass is 372 g/mol. The predicted octanol–water partition coefficient (Wildman–Crippen LogP) is 1.20. The van der Waals surface area contributed by atoms with Crippen LogP contribution in [0.25, 0.3) is 6.08 Å². The third kappa shape index (κ3) is 3.78. The molecule has 0 atom stereocenters. The van der Waals surface area contributed by atoms with Gasteiger partial charge < -0.3 is 4.18 Å². The van der Waals surface area contributed by atoms with E-state index in [9.17, 15) is 22.8 Å². The van der Waals surface area contributed by atoms with Gasteiger partial charge in [-0.1, -0.05) is 30.3 Å². The smallest absolute Gasteiger partial charge is 0.339 e. The Morgan fingerprint density at radius 3 is 2.15 bits per heavy atom. The Hall–Kier alpha value is -3.46. The maximum Gasteiger partial charge on any atom is 0.339 e. The van der Waals surface area contributed by atoms with E-state index in [1.54, 1.807) is 24.3 Å². The molecule has 1 aliphatic heterocycles. The third-order valence-electron chi connectivity index (χ3n) is 3.35. The van der Waals surface area contributed by atoms with Crippen LogP contribution >= 0.6 is 0 Å². The van der Waals surface area contributed by atoms with E-state index in [4.69, 9.17) is 4.18 Å². The van der Waals surface area contributed by atoms with Crippen molar-refractivity contribution in [2.24, 2.45) is 0 Å². The number of nitrogens with one attached hydrogen (secondary N) is 2. The molecule has 2 aromatic carbocycles. The molecule has 3 rings (SSSR count). The number of urea groups is 1. The van der Waals surface area contributed by atoms with Crippen LogP contribution in [0.5, 0.6) is 5.75 Å². The molecule has 2 N–H and O–H groups in total. The highest BCUT2D eigenvalue weighted by Gasteiger charge is 2.27. The summed E-state index contributed by atoms with van der Waals surface area (Å²) in [5, 5.41) is 3.90. The summed E-state index contributed by atoms with van der Waals surface area (Å²) in [6.45, 7) is 0. The molecule has 0 radical (unpaired) electrons. The van der Waals surface area contributed by atoms with Gasteiger partial charge in [-0.25, -0.2) is 4.79 Å². The number of imide groups is 2. The number of carbonyl (C=O) groups is 3. The molecule has 8 nitrogen and oxygen atoms in total. The van der Waals surface area contributed by atoms with E-state index in [1.165, 1.54) is 36.4 Å². The van der Waals surface area contributed by atoms with Crippen LogP contribution in [0.1, 0.15) is 5.56 Å². The molecule has 1 heterocycles. The van der Waals surface area contributed by atoms with Crippen LogP contribution in [0, 0.1) is 0 Å². The van der Waals surface area contributed by atoms with Gasteiger partial charge in [0.15, 0.2) is 0 Å². The van der Waals surface area contributed by atoms with E-state index in [1.807, 2.05) is 10.6 Å². The van der Waals surface area contributed by atoms with Crippen molar-refractivity contribution in [2.45, 2.75) is 4.90 Å². The number of barbiturate groups is 1. The van der Waals surface area contributed by atoms with E-state index in [0.29, 0.717) is 5.56 Å². The lowest BCUT2D eigenvalue weighted by Crippen LogP contribution is -2.51. The van der Waals surface area contributed by atoms with Gasteiger partial charge in [0.1, 0.15) is 16.2 Å². The van der Waals surface area contributed by atoms with Gasteiger partial charge in [-0.15, -0.1) is 0 Å². The largest absolute Gasteiger partial charge is 0.379 e. The number of hydrogen-bond donors (Lipinski definition) is 2. The van der Waals surface area contributed by atoms with E-state index >= 15 is 0 Å². The fraction of sp³-hybridized carbons (Fsp3) is 0. The Balaban J connectivity index is 1.87. The van der Waals surface area contributed by atoms with Crippen molar-refractivity contribution < 1.29 is 27.0 Å². The Kier molecular flexibility index (Phi) is 4.55. The summed E-state index contributed by atoms with van der Waals surface area (Å²) >= 11 is 0. The van der Waals surface area contributed by atoms with Crippen LogP contribution in [0.3, 0.4) is 0 Å². The summed E-state index contributed by atoms with van der Waals surface area (Å²) in [5.41, 5.74) is 0.0630. The maximum absolute atomic E-state index is 12.2. The van der Waals surface area contributed by atoms with Gasteiger partial charge in [0.2, 0.25) is 0 Å². The average molecular weight is 372 g/mol. The van der Waals surface area contributed by atoms with Gasteiger partial charge in [-0.2, -0.15) is 8.42 Å². The Labute approximate surface area is 148 Å².